The molecule has 1 atom stereocenters. The fraction of sp³-hybridized carbons (Fsp3) is 0.583. The highest BCUT2D eigenvalue weighted by Gasteiger charge is 2.22. The molecule has 88 valence electrons. The molecule has 0 aromatic carbocycles. The van der Waals surface area contributed by atoms with E-state index in [0.717, 1.165) is 17.9 Å². The first-order valence-electron chi connectivity index (χ1n) is 5.59. The van der Waals surface area contributed by atoms with E-state index in [1.54, 1.807) is 11.3 Å². The first kappa shape index (κ1) is 12.1. The topological polar surface area (TPSA) is 26.3 Å². The van der Waals surface area contributed by atoms with Gasteiger partial charge in [-0.05, 0) is 18.6 Å². The number of Topliss-reactive ketones (excluding diaryl/α,β-unsaturated/α-hetero) is 1. The number of ketones is 1. The summed E-state index contributed by atoms with van der Waals surface area (Å²) in [5.41, 5.74) is 0. The summed E-state index contributed by atoms with van der Waals surface area (Å²) in [6.45, 7) is 2.85. The molecule has 16 heavy (non-hydrogen) atoms. The molecule has 0 saturated carbocycles. The zero-order chi connectivity index (χ0) is 11.4. The van der Waals surface area contributed by atoms with Crippen molar-refractivity contribution in [3.05, 3.63) is 21.9 Å². The molecule has 4 heteroatoms. The van der Waals surface area contributed by atoms with Crippen LogP contribution in [-0.2, 0) is 22.4 Å². The van der Waals surface area contributed by atoms with Crippen molar-refractivity contribution in [3.63, 3.8) is 0 Å². The molecule has 0 amide bonds. The third-order valence-electron chi connectivity index (χ3n) is 2.59. The molecule has 1 saturated heterocycles. The number of ether oxygens (including phenoxy) is 1. The highest BCUT2D eigenvalue weighted by atomic mass is 32.2. The van der Waals surface area contributed by atoms with Crippen molar-refractivity contribution in [2.24, 2.45) is 0 Å². The number of hydrogen-bond acceptors (Lipinski definition) is 4. The van der Waals surface area contributed by atoms with Gasteiger partial charge in [-0.3, -0.25) is 4.79 Å². The predicted molar refractivity (Wildman–Crippen MR) is 69.5 cm³/mol. The van der Waals surface area contributed by atoms with Gasteiger partial charge in [-0.2, -0.15) is 11.8 Å². The molecular weight excluding hydrogens is 240 g/mol. The Labute approximate surface area is 104 Å². The summed E-state index contributed by atoms with van der Waals surface area (Å²) in [7, 11) is 0. The number of thiophene rings is 1. The number of rotatable bonds is 4. The second-order valence-electron chi connectivity index (χ2n) is 3.80. The van der Waals surface area contributed by atoms with Gasteiger partial charge in [-0.25, -0.2) is 0 Å². The minimum absolute atomic E-state index is 0.175. The van der Waals surface area contributed by atoms with Gasteiger partial charge in [0, 0.05) is 27.7 Å². The number of carbonyl (C=O) groups excluding carboxylic acids is 1. The summed E-state index contributed by atoms with van der Waals surface area (Å²) in [5.74, 6) is 2.07. The quantitative estimate of drug-likeness (QED) is 0.828. The summed E-state index contributed by atoms with van der Waals surface area (Å²) in [6, 6.07) is 4.18. The van der Waals surface area contributed by atoms with Gasteiger partial charge < -0.3 is 4.74 Å². The van der Waals surface area contributed by atoms with Crippen LogP contribution in [0.4, 0.5) is 0 Å². The standard InChI is InChI=1S/C12H16O2S2/c1-2-9-3-4-10(16-9)7-11(13)12-8-15-6-5-14-12/h3-4,12H,2,5-8H2,1H3. The fourth-order valence-corrected chi connectivity index (χ4v) is 3.51. The Morgan fingerprint density at radius 1 is 1.50 bits per heavy atom. The first-order valence-corrected chi connectivity index (χ1v) is 7.56. The van der Waals surface area contributed by atoms with Gasteiger partial charge in [-0.1, -0.05) is 6.92 Å². The van der Waals surface area contributed by atoms with Gasteiger partial charge in [0.15, 0.2) is 5.78 Å². The lowest BCUT2D eigenvalue weighted by Crippen LogP contribution is -2.32. The summed E-state index contributed by atoms with van der Waals surface area (Å²) < 4.78 is 5.48. The van der Waals surface area contributed by atoms with Crippen LogP contribution in [-0.4, -0.2) is 30.0 Å². The lowest BCUT2D eigenvalue weighted by Gasteiger charge is -2.20. The summed E-state index contributed by atoms with van der Waals surface area (Å²) in [5, 5.41) is 0. The Balaban J connectivity index is 1.90. The summed E-state index contributed by atoms with van der Waals surface area (Å²) >= 11 is 3.55. The maximum Gasteiger partial charge on any atom is 0.167 e. The molecule has 2 rings (SSSR count). The Bertz CT molecular complexity index is 354. The molecule has 0 aliphatic carbocycles. The molecule has 0 N–H and O–H groups in total. The summed E-state index contributed by atoms with van der Waals surface area (Å²) in [4.78, 5) is 14.4. The lowest BCUT2D eigenvalue weighted by molar-refractivity contribution is -0.128. The van der Waals surface area contributed by atoms with Gasteiger partial charge in [0.05, 0.1) is 6.61 Å². The van der Waals surface area contributed by atoms with E-state index in [4.69, 9.17) is 4.74 Å². The minimum Gasteiger partial charge on any atom is -0.369 e. The van der Waals surface area contributed by atoms with Crippen LogP contribution in [0.5, 0.6) is 0 Å². The minimum atomic E-state index is -0.175. The van der Waals surface area contributed by atoms with Gasteiger partial charge in [0.1, 0.15) is 6.10 Å². The van der Waals surface area contributed by atoms with Crippen LogP contribution in [0.25, 0.3) is 0 Å². The number of carbonyl (C=O) groups is 1. The van der Waals surface area contributed by atoms with E-state index < -0.39 is 0 Å². The fourth-order valence-electron chi connectivity index (χ4n) is 1.67. The van der Waals surface area contributed by atoms with Crippen molar-refractivity contribution in [2.45, 2.75) is 25.9 Å². The molecule has 2 nitrogen and oxygen atoms in total. The van der Waals surface area contributed by atoms with E-state index in [2.05, 4.69) is 19.1 Å². The van der Waals surface area contributed by atoms with E-state index in [1.165, 1.54) is 9.75 Å². The third-order valence-corrected chi connectivity index (χ3v) is 4.81. The van der Waals surface area contributed by atoms with E-state index in [1.807, 2.05) is 11.8 Å². The van der Waals surface area contributed by atoms with Crippen LogP contribution in [0.1, 0.15) is 16.7 Å². The molecule has 1 aromatic rings. The van der Waals surface area contributed by atoms with E-state index in [9.17, 15) is 4.79 Å². The normalized spacial score (nSPS) is 20.9. The van der Waals surface area contributed by atoms with Crippen LogP contribution in [0.3, 0.4) is 0 Å². The Morgan fingerprint density at radius 2 is 2.31 bits per heavy atom. The second kappa shape index (κ2) is 5.84. The molecular formula is C12H16O2S2. The SMILES string of the molecule is CCc1ccc(CC(=O)C2CSCCO2)s1. The van der Waals surface area contributed by atoms with Crippen molar-refractivity contribution >= 4 is 28.9 Å². The highest BCUT2D eigenvalue weighted by molar-refractivity contribution is 7.99. The number of hydrogen-bond donors (Lipinski definition) is 0. The van der Waals surface area contributed by atoms with Crippen LogP contribution < -0.4 is 0 Å². The molecule has 2 heterocycles. The van der Waals surface area contributed by atoms with Crippen molar-refractivity contribution in [2.75, 3.05) is 18.1 Å². The molecule has 1 aromatic heterocycles. The third kappa shape index (κ3) is 3.09. The van der Waals surface area contributed by atoms with Crippen molar-refractivity contribution < 1.29 is 9.53 Å². The molecule has 0 spiro atoms. The Kier molecular flexibility index (Phi) is 4.44. The zero-order valence-corrected chi connectivity index (χ0v) is 11.0. The van der Waals surface area contributed by atoms with Crippen molar-refractivity contribution in [1.82, 2.24) is 0 Å². The van der Waals surface area contributed by atoms with Crippen LogP contribution in [0, 0.1) is 0 Å². The largest absolute Gasteiger partial charge is 0.369 e. The predicted octanol–water partition coefficient (Wildman–Crippen LogP) is 2.55. The van der Waals surface area contributed by atoms with Crippen LogP contribution in [0.2, 0.25) is 0 Å². The van der Waals surface area contributed by atoms with E-state index in [-0.39, 0.29) is 11.9 Å². The van der Waals surface area contributed by atoms with Gasteiger partial charge >= 0.3 is 0 Å². The Hall–Kier alpha value is -0.320. The molecule has 1 aliphatic heterocycles. The van der Waals surface area contributed by atoms with E-state index >= 15 is 0 Å². The lowest BCUT2D eigenvalue weighted by atomic mass is 10.1. The van der Waals surface area contributed by atoms with Crippen molar-refractivity contribution in [3.8, 4) is 0 Å². The maximum absolute atomic E-state index is 11.9. The number of aryl methyl sites for hydroxylation is 1. The smallest absolute Gasteiger partial charge is 0.167 e. The zero-order valence-electron chi connectivity index (χ0n) is 9.40. The first-order chi connectivity index (χ1) is 7.79. The molecule has 1 unspecified atom stereocenters. The van der Waals surface area contributed by atoms with Crippen molar-refractivity contribution in [1.29, 1.82) is 0 Å². The van der Waals surface area contributed by atoms with Gasteiger partial charge in [0.2, 0.25) is 0 Å². The second-order valence-corrected chi connectivity index (χ2v) is 6.20. The summed E-state index contributed by atoms with van der Waals surface area (Å²) in [6.07, 6.45) is 1.41. The highest BCUT2D eigenvalue weighted by Crippen LogP contribution is 2.20. The molecule has 1 aliphatic rings. The molecule has 1 fully saturated rings. The monoisotopic (exact) mass is 256 g/mol. The Morgan fingerprint density at radius 3 is 2.94 bits per heavy atom. The number of thioether (sulfide) groups is 1. The van der Waals surface area contributed by atoms with Crippen LogP contribution in [0.15, 0.2) is 12.1 Å². The van der Waals surface area contributed by atoms with Crippen LogP contribution >= 0.6 is 23.1 Å². The maximum atomic E-state index is 11.9. The molecule has 0 bridgehead atoms. The molecule has 0 radical (unpaired) electrons. The van der Waals surface area contributed by atoms with E-state index in [0.29, 0.717) is 13.0 Å². The van der Waals surface area contributed by atoms with Gasteiger partial charge in [0.25, 0.3) is 0 Å². The van der Waals surface area contributed by atoms with Gasteiger partial charge in [-0.15, -0.1) is 11.3 Å². The average molecular weight is 256 g/mol. The average Bonchev–Trinajstić information content (AvgIpc) is 2.78.